The van der Waals surface area contributed by atoms with E-state index in [1.165, 1.54) is 19.3 Å². The van der Waals surface area contributed by atoms with Gasteiger partial charge in [-0.2, -0.15) is 0 Å². The molecule has 4 nitrogen and oxygen atoms in total. The Morgan fingerprint density at radius 2 is 1.85 bits per heavy atom. The molecule has 0 N–H and O–H groups in total. The van der Waals surface area contributed by atoms with Gasteiger partial charge in [0, 0.05) is 41.6 Å². The Hall–Kier alpha value is -1.49. The van der Waals surface area contributed by atoms with Gasteiger partial charge in [0.2, 0.25) is 0 Å². The standard InChI is InChI=1S/C15H17BrN4/c1-11-18-14(12-7-13(16)10-17-9-12)8-15(19-11)20-5-3-2-4-6-20/h7-10H,2-6H2,1H3. The van der Waals surface area contributed by atoms with E-state index in [-0.39, 0.29) is 0 Å². The lowest BCUT2D eigenvalue weighted by Gasteiger charge is -2.28. The number of aromatic nitrogens is 3. The Kier molecular flexibility index (Phi) is 3.96. The van der Waals surface area contributed by atoms with E-state index in [0.717, 1.165) is 40.5 Å². The zero-order chi connectivity index (χ0) is 13.9. The summed E-state index contributed by atoms with van der Waals surface area (Å²) in [4.78, 5) is 15.7. The summed E-state index contributed by atoms with van der Waals surface area (Å²) in [6, 6.07) is 4.11. The summed E-state index contributed by atoms with van der Waals surface area (Å²) >= 11 is 3.46. The molecular formula is C15H17BrN4. The van der Waals surface area contributed by atoms with Crippen molar-refractivity contribution in [3.05, 3.63) is 34.8 Å². The van der Waals surface area contributed by atoms with Crippen molar-refractivity contribution >= 4 is 21.7 Å². The third-order valence-electron chi connectivity index (χ3n) is 3.51. The van der Waals surface area contributed by atoms with Gasteiger partial charge in [0.25, 0.3) is 0 Å². The van der Waals surface area contributed by atoms with Crippen LogP contribution in [0.15, 0.2) is 29.0 Å². The number of hydrogen-bond donors (Lipinski definition) is 0. The second-order valence-corrected chi connectivity index (χ2v) is 6.01. The first-order valence-corrected chi connectivity index (χ1v) is 7.73. The minimum absolute atomic E-state index is 0.808. The fourth-order valence-electron chi connectivity index (χ4n) is 2.54. The zero-order valence-corrected chi connectivity index (χ0v) is 13.1. The van der Waals surface area contributed by atoms with Crippen molar-refractivity contribution in [3.8, 4) is 11.3 Å². The lowest BCUT2D eigenvalue weighted by atomic mass is 10.1. The van der Waals surface area contributed by atoms with E-state index in [2.05, 4.69) is 41.8 Å². The maximum Gasteiger partial charge on any atom is 0.132 e. The molecule has 0 radical (unpaired) electrons. The van der Waals surface area contributed by atoms with Crippen LogP contribution in [0.2, 0.25) is 0 Å². The van der Waals surface area contributed by atoms with Crippen LogP contribution in [-0.4, -0.2) is 28.0 Å². The molecule has 0 spiro atoms. The molecule has 0 aliphatic carbocycles. The molecule has 1 aliphatic heterocycles. The highest BCUT2D eigenvalue weighted by molar-refractivity contribution is 9.10. The fourth-order valence-corrected chi connectivity index (χ4v) is 2.90. The Morgan fingerprint density at radius 3 is 2.60 bits per heavy atom. The molecule has 2 aromatic rings. The molecular weight excluding hydrogens is 316 g/mol. The summed E-state index contributed by atoms with van der Waals surface area (Å²) in [6.07, 6.45) is 7.44. The Balaban J connectivity index is 1.97. The van der Waals surface area contributed by atoms with E-state index in [1.54, 1.807) is 6.20 Å². The molecule has 3 rings (SSSR count). The second-order valence-electron chi connectivity index (χ2n) is 5.10. The van der Waals surface area contributed by atoms with Crippen molar-refractivity contribution in [2.24, 2.45) is 0 Å². The molecule has 1 fully saturated rings. The topological polar surface area (TPSA) is 41.9 Å². The first-order chi connectivity index (χ1) is 9.72. The molecule has 1 saturated heterocycles. The largest absolute Gasteiger partial charge is 0.356 e. The molecule has 0 saturated carbocycles. The van der Waals surface area contributed by atoms with Gasteiger partial charge in [-0.15, -0.1) is 0 Å². The molecule has 1 aliphatic rings. The zero-order valence-electron chi connectivity index (χ0n) is 11.5. The normalized spacial score (nSPS) is 15.4. The third kappa shape index (κ3) is 2.98. The van der Waals surface area contributed by atoms with E-state index >= 15 is 0 Å². The average molecular weight is 333 g/mol. The van der Waals surface area contributed by atoms with Gasteiger partial charge in [0.1, 0.15) is 11.6 Å². The van der Waals surface area contributed by atoms with Crippen molar-refractivity contribution in [2.45, 2.75) is 26.2 Å². The van der Waals surface area contributed by atoms with Gasteiger partial charge >= 0.3 is 0 Å². The van der Waals surface area contributed by atoms with Crippen LogP contribution in [0.25, 0.3) is 11.3 Å². The monoisotopic (exact) mass is 332 g/mol. The van der Waals surface area contributed by atoms with E-state index in [9.17, 15) is 0 Å². The summed E-state index contributed by atoms with van der Waals surface area (Å²) in [5, 5.41) is 0. The SMILES string of the molecule is Cc1nc(-c2cncc(Br)c2)cc(N2CCCCC2)n1. The van der Waals surface area contributed by atoms with Crippen LogP contribution in [0.4, 0.5) is 5.82 Å². The summed E-state index contributed by atoms with van der Waals surface area (Å²) < 4.78 is 0.964. The summed E-state index contributed by atoms with van der Waals surface area (Å²) in [5.41, 5.74) is 1.95. The van der Waals surface area contributed by atoms with Crippen molar-refractivity contribution in [1.82, 2.24) is 15.0 Å². The van der Waals surface area contributed by atoms with Crippen LogP contribution >= 0.6 is 15.9 Å². The number of rotatable bonds is 2. The van der Waals surface area contributed by atoms with Crippen LogP contribution < -0.4 is 4.90 Å². The van der Waals surface area contributed by atoms with Crippen LogP contribution in [0, 0.1) is 6.92 Å². The number of nitrogens with zero attached hydrogens (tertiary/aromatic N) is 4. The number of aryl methyl sites for hydroxylation is 1. The predicted molar refractivity (Wildman–Crippen MR) is 83.8 cm³/mol. The van der Waals surface area contributed by atoms with Gasteiger partial charge in [-0.3, -0.25) is 4.98 Å². The van der Waals surface area contributed by atoms with Crippen molar-refractivity contribution < 1.29 is 0 Å². The van der Waals surface area contributed by atoms with Crippen LogP contribution in [0.1, 0.15) is 25.1 Å². The highest BCUT2D eigenvalue weighted by Gasteiger charge is 2.14. The van der Waals surface area contributed by atoms with E-state index in [4.69, 9.17) is 0 Å². The number of hydrogen-bond acceptors (Lipinski definition) is 4. The predicted octanol–water partition coefficient (Wildman–Crippen LogP) is 3.60. The number of halogens is 1. The molecule has 104 valence electrons. The highest BCUT2D eigenvalue weighted by atomic mass is 79.9. The van der Waals surface area contributed by atoms with Crippen molar-refractivity contribution in [2.75, 3.05) is 18.0 Å². The summed E-state index contributed by atoms with van der Waals surface area (Å²) in [6.45, 7) is 4.13. The Labute approximate surface area is 127 Å². The minimum Gasteiger partial charge on any atom is -0.356 e. The highest BCUT2D eigenvalue weighted by Crippen LogP contribution is 2.25. The first-order valence-electron chi connectivity index (χ1n) is 6.94. The van der Waals surface area contributed by atoms with Crippen LogP contribution in [-0.2, 0) is 0 Å². The average Bonchev–Trinajstić information content (AvgIpc) is 2.47. The molecule has 0 atom stereocenters. The molecule has 3 heterocycles. The van der Waals surface area contributed by atoms with Gasteiger partial charge in [-0.25, -0.2) is 9.97 Å². The second kappa shape index (κ2) is 5.87. The molecule has 0 amide bonds. The van der Waals surface area contributed by atoms with Crippen LogP contribution in [0.5, 0.6) is 0 Å². The molecule has 5 heteroatoms. The Morgan fingerprint density at radius 1 is 1.05 bits per heavy atom. The van der Waals surface area contributed by atoms with E-state index in [1.807, 2.05) is 19.2 Å². The van der Waals surface area contributed by atoms with E-state index < -0.39 is 0 Å². The van der Waals surface area contributed by atoms with Crippen molar-refractivity contribution in [3.63, 3.8) is 0 Å². The maximum absolute atomic E-state index is 4.59. The number of anilines is 1. The smallest absolute Gasteiger partial charge is 0.132 e. The molecule has 0 unspecified atom stereocenters. The quantitative estimate of drug-likeness (QED) is 0.842. The van der Waals surface area contributed by atoms with Crippen molar-refractivity contribution in [1.29, 1.82) is 0 Å². The lowest BCUT2D eigenvalue weighted by Crippen LogP contribution is -2.30. The number of piperidine rings is 1. The number of pyridine rings is 1. The van der Waals surface area contributed by atoms with Gasteiger partial charge in [0.15, 0.2) is 0 Å². The first kappa shape index (κ1) is 13.5. The molecule has 0 bridgehead atoms. The summed E-state index contributed by atoms with van der Waals surface area (Å²) in [7, 11) is 0. The van der Waals surface area contributed by atoms with E-state index in [0.29, 0.717) is 0 Å². The summed E-state index contributed by atoms with van der Waals surface area (Å²) in [5.74, 6) is 1.84. The van der Waals surface area contributed by atoms with Gasteiger partial charge in [-0.05, 0) is 48.2 Å². The Bertz CT molecular complexity index is 609. The van der Waals surface area contributed by atoms with Gasteiger partial charge < -0.3 is 4.90 Å². The van der Waals surface area contributed by atoms with Crippen LogP contribution in [0.3, 0.4) is 0 Å². The molecule has 20 heavy (non-hydrogen) atoms. The third-order valence-corrected chi connectivity index (χ3v) is 3.94. The van der Waals surface area contributed by atoms with Gasteiger partial charge in [-0.1, -0.05) is 0 Å². The fraction of sp³-hybridized carbons (Fsp3) is 0.400. The van der Waals surface area contributed by atoms with Gasteiger partial charge in [0.05, 0.1) is 5.69 Å². The maximum atomic E-state index is 4.59. The minimum atomic E-state index is 0.808. The molecule has 0 aromatic carbocycles. The lowest BCUT2D eigenvalue weighted by molar-refractivity contribution is 0.572. The molecule has 2 aromatic heterocycles.